The zero-order chi connectivity index (χ0) is 23.4. The highest BCUT2D eigenvalue weighted by Gasteiger charge is 2.43. The van der Waals surface area contributed by atoms with Gasteiger partial charge in [-0.05, 0) is 82.1 Å². The molecule has 2 aromatic carbocycles. The molecule has 8 heteroatoms. The van der Waals surface area contributed by atoms with Crippen molar-refractivity contribution in [3.05, 3.63) is 53.6 Å². The Morgan fingerprint density at radius 1 is 1.03 bits per heavy atom. The van der Waals surface area contributed by atoms with Crippen LogP contribution in [0.2, 0.25) is 5.02 Å². The van der Waals surface area contributed by atoms with Crippen molar-refractivity contribution in [2.75, 3.05) is 18.8 Å². The van der Waals surface area contributed by atoms with Crippen molar-refractivity contribution in [3.63, 3.8) is 0 Å². The first-order valence-corrected chi connectivity index (χ1v) is 11.8. The fourth-order valence-corrected chi connectivity index (χ4v) is 4.64. The molecule has 1 aliphatic heterocycles. The normalized spacial score (nSPS) is 15.8. The standard InChI is InChI=1S/C24H28ClNO5S/c1-23(2,3)31-22(29)26-14-12-24(13-15-26,21(27)28)16-32-20-10-8-19(9-11-20)30-18-6-4-17(25)5-7-18/h4-11H,12-16H2,1-3H3,(H,27,28). The summed E-state index contributed by atoms with van der Waals surface area (Å²) in [6.45, 7) is 6.20. The van der Waals surface area contributed by atoms with E-state index in [1.54, 1.807) is 29.2 Å². The Labute approximate surface area is 197 Å². The average Bonchev–Trinajstić information content (AvgIpc) is 2.74. The Morgan fingerprint density at radius 2 is 1.56 bits per heavy atom. The molecular weight excluding hydrogens is 450 g/mol. The monoisotopic (exact) mass is 477 g/mol. The summed E-state index contributed by atoms with van der Waals surface area (Å²) < 4.78 is 11.2. The quantitative estimate of drug-likeness (QED) is 0.490. The van der Waals surface area contributed by atoms with E-state index in [2.05, 4.69) is 0 Å². The van der Waals surface area contributed by atoms with Crippen LogP contribution in [0.4, 0.5) is 4.79 Å². The van der Waals surface area contributed by atoms with Crippen molar-refractivity contribution in [2.45, 2.75) is 44.1 Å². The molecule has 1 N–H and O–H groups in total. The Balaban J connectivity index is 1.56. The van der Waals surface area contributed by atoms with E-state index in [1.165, 1.54) is 11.8 Å². The minimum atomic E-state index is -0.873. The Bertz CT molecular complexity index is 932. The SMILES string of the molecule is CC(C)(C)OC(=O)N1CCC(CSc2ccc(Oc3ccc(Cl)cc3)cc2)(C(=O)O)CC1. The van der Waals surface area contributed by atoms with Gasteiger partial charge in [0.2, 0.25) is 0 Å². The highest BCUT2D eigenvalue weighted by molar-refractivity contribution is 7.99. The van der Waals surface area contributed by atoms with Crippen LogP contribution in [0.5, 0.6) is 11.5 Å². The number of halogens is 1. The molecule has 172 valence electrons. The molecule has 0 radical (unpaired) electrons. The molecule has 0 bridgehead atoms. The van der Waals surface area contributed by atoms with Crippen LogP contribution in [0.3, 0.4) is 0 Å². The van der Waals surface area contributed by atoms with E-state index in [0.717, 1.165) is 4.90 Å². The first kappa shape index (κ1) is 24.3. The minimum Gasteiger partial charge on any atom is -0.481 e. The van der Waals surface area contributed by atoms with Gasteiger partial charge in [0, 0.05) is 28.8 Å². The van der Waals surface area contributed by atoms with E-state index in [9.17, 15) is 14.7 Å². The zero-order valence-electron chi connectivity index (χ0n) is 18.5. The van der Waals surface area contributed by atoms with Crippen molar-refractivity contribution in [1.29, 1.82) is 0 Å². The van der Waals surface area contributed by atoms with Crippen molar-refractivity contribution >= 4 is 35.4 Å². The minimum absolute atomic E-state index is 0.371. The topological polar surface area (TPSA) is 76.1 Å². The molecule has 1 heterocycles. The van der Waals surface area contributed by atoms with Crippen LogP contribution in [-0.2, 0) is 9.53 Å². The number of hydrogen-bond donors (Lipinski definition) is 1. The number of thioether (sulfide) groups is 1. The summed E-state index contributed by atoms with van der Waals surface area (Å²) >= 11 is 7.39. The van der Waals surface area contributed by atoms with Gasteiger partial charge in [-0.15, -0.1) is 11.8 Å². The number of amides is 1. The van der Waals surface area contributed by atoms with Gasteiger partial charge in [-0.25, -0.2) is 4.79 Å². The largest absolute Gasteiger partial charge is 0.481 e. The summed E-state index contributed by atoms with van der Waals surface area (Å²) in [5.41, 5.74) is -1.45. The number of carbonyl (C=O) groups is 2. The maximum atomic E-state index is 12.3. The molecule has 0 saturated carbocycles. The lowest BCUT2D eigenvalue weighted by molar-refractivity contribution is -0.150. The first-order valence-electron chi connectivity index (χ1n) is 10.4. The van der Waals surface area contributed by atoms with E-state index in [0.29, 0.717) is 48.2 Å². The molecule has 1 fully saturated rings. The molecule has 1 saturated heterocycles. The first-order chi connectivity index (χ1) is 15.1. The van der Waals surface area contributed by atoms with Gasteiger partial charge >= 0.3 is 12.1 Å². The van der Waals surface area contributed by atoms with Crippen LogP contribution in [0.25, 0.3) is 0 Å². The maximum Gasteiger partial charge on any atom is 0.410 e. The summed E-state index contributed by atoms with van der Waals surface area (Å²) in [5.74, 6) is 0.991. The molecule has 3 rings (SSSR count). The lowest BCUT2D eigenvalue weighted by atomic mass is 9.80. The van der Waals surface area contributed by atoms with Crippen LogP contribution in [0.15, 0.2) is 53.4 Å². The van der Waals surface area contributed by atoms with Crippen molar-refractivity contribution in [2.24, 2.45) is 5.41 Å². The van der Waals surface area contributed by atoms with E-state index in [4.69, 9.17) is 21.1 Å². The van der Waals surface area contributed by atoms with Crippen molar-refractivity contribution in [1.82, 2.24) is 4.90 Å². The van der Waals surface area contributed by atoms with E-state index >= 15 is 0 Å². The third kappa shape index (κ3) is 6.56. The molecule has 0 atom stereocenters. The van der Waals surface area contributed by atoms with Gasteiger partial charge in [0.15, 0.2) is 0 Å². The number of nitrogens with zero attached hydrogens (tertiary/aromatic N) is 1. The number of benzene rings is 2. The number of carboxylic acid groups (broad SMARTS) is 1. The molecule has 6 nitrogen and oxygen atoms in total. The van der Waals surface area contributed by atoms with Crippen molar-refractivity contribution in [3.8, 4) is 11.5 Å². The highest BCUT2D eigenvalue weighted by atomic mass is 35.5. The number of hydrogen-bond acceptors (Lipinski definition) is 5. The van der Waals surface area contributed by atoms with Crippen LogP contribution in [0, 0.1) is 5.41 Å². The molecule has 1 amide bonds. The second-order valence-corrected chi connectivity index (χ2v) is 10.4. The Kier molecular flexibility index (Phi) is 7.62. The molecule has 0 aromatic heterocycles. The number of carbonyl (C=O) groups excluding carboxylic acids is 1. The molecule has 1 aliphatic rings. The summed E-state index contributed by atoms with van der Waals surface area (Å²) in [5, 5.41) is 10.6. The van der Waals surface area contributed by atoms with Gasteiger partial charge in [0.25, 0.3) is 0 Å². The lowest BCUT2D eigenvalue weighted by Crippen LogP contribution is -2.49. The maximum absolute atomic E-state index is 12.3. The highest BCUT2D eigenvalue weighted by Crippen LogP contribution is 2.38. The number of rotatable bonds is 6. The van der Waals surface area contributed by atoms with Crippen LogP contribution >= 0.6 is 23.4 Å². The van der Waals surface area contributed by atoms with Gasteiger partial charge < -0.3 is 19.5 Å². The third-order valence-electron chi connectivity index (χ3n) is 5.21. The number of aliphatic carboxylic acids is 1. The van der Waals surface area contributed by atoms with Crippen LogP contribution in [0.1, 0.15) is 33.6 Å². The fourth-order valence-electron chi connectivity index (χ4n) is 3.33. The summed E-state index contributed by atoms with van der Waals surface area (Å²) in [6.07, 6.45) is 0.402. The number of carboxylic acids is 1. The van der Waals surface area contributed by atoms with Gasteiger partial charge in [-0.3, -0.25) is 4.79 Å². The predicted molar refractivity (Wildman–Crippen MR) is 126 cm³/mol. The summed E-state index contributed by atoms with van der Waals surface area (Å²) in [4.78, 5) is 27.0. The number of likely N-dealkylation sites (tertiary alicyclic amines) is 1. The van der Waals surface area contributed by atoms with E-state index in [-0.39, 0.29) is 6.09 Å². The van der Waals surface area contributed by atoms with Gasteiger partial charge in [0.05, 0.1) is 5.41 Å². The van der Waals surface area contributed by atoms with Gasteiger partial charge in [-0.2, -0.15) is 0 Å². The van der Waals surface area contributed by atoms with Gasteiger partial charge in [0.1, 0.15) is 17.1 Å². The van der Waals surface area contributed by atoms with Crippen LogP contribution in [-0.4, -0.2) is 46.5 Å². The smallest absolute Gasteiger partial charge is 0.410 e. The molecule has 0 spiro atoms. The summed E-state index contributed by atoms with van der Waals surface area (Å²) in [6, 6.07) is 14.7. The van der Waals surface area contributed by atoms with Crippen LogP contribution < -0.4 is 4.74 Å². The van der Waals surface area contributed by atoms with E-state index in [1.807, 2.05) is 45.0 Å². The molecule has 32 heavy (non-hydrogen) atoms. The van der Waals surface area contributed by atoms with Gasteiger partial charge in [-0.1, -0.05) is 11.6 Å². The zero-order valence-corrected chi connectivity index (χ0v) is 20.0. The molecule has 0 unspecified atom stereocenters. The average molecular weight is 478 g/mol. The van der Waals surface area contributed by atoms with E-state index < -0.39 is 17.0 Å². The number of piperidine rings is 1. The Hall–Kier alpha value is -2.38. The lowest BCUT2D eigenvalue weighted by Gasteiger charge is -2.39. The fraction of sp³-hybridized carbons (Fsp3) is 0.417. The third-order valence-corrected chi connectivity index (χ3v) is 6.77. The summed E-state index contributed by atoms with van der Waals surface area (Å²) in [7, 11) is 0. The number of ether oxygens (including phenoxy) is 2. The Morgan fingerprint density at radius 3 is 2.06 bits per heavy atom. The predicted octanol–water partition coefficient (Wildman–Crippen LogP) is 6.33. The van der Waals surface area contributed by atoms with Crippen molar-refractivity contribution < 1.29 is 24.2 Å². The molecule has 2 aromatic rings. The molecule has 0 aliphatic carbocycles. The molecular formula is C24H28ClNO5S. The second kappa shape index (κ2) is 10.0. The second-order valence-electron chi connectivity index (χ2n) is 8.87.